The molecule has 5 nitrogen and oxygen atoms in total. The summed E-state index contributed by atoms with van der Waals surface area (Å²) >= 11 is 1.79. The van der Waals surface area contributed by atoms with Crippen LogP contribution < -0.4 is 20.1 Å². The molecular formula is C19H28IN3O2S. The second kappa shape index (κ2) is 12.0. The van der Waals surface area contributed by atoms with E-state index in [4.69, 9.17) is 9.47 Å². The molecule has 1 aromatic heterocycles. The highest BCUT2D eigenvalue weighted by molar-refractivity contribution is 14.0. The van der Waals surface area contributed by atoms with Gasteiger partial charge in [-0.3, -0.25) is 0 Å². The largest absolute Gasteiger partial charge is 0.493 e. The van der Waals surface area contributed by atoms with Crippen LogP contribution >= 0.6 is 35.3 Å². The number of nitrogens with one attached hydrogen (secondary N) is 2. The average Bonchev–Trinajstić information content (AvgIpc) is 3.18. The zero-order valence-corrected chi connectivity index (χ0v) is 18.9. The van der Waals surface area contributed by atoms with Crippen LogP contribution in [0.25, 0.3) is 0 Å². The van der Waals surface area contributed by atoms with Crippen molar-refractivity contribution in [1.29, 1.82) is 0 Å². The first-order chi connectivity index (χ1) is 12.2. The van der Waals surface area contributed by atoms with Crippen LogP contribution in [-0.2, 0) is 6.54 Å². The smallest absolute Gasteiger partial charge is 0.191 e. The Bertz CT molecular complexity index is 677. The zero-order valence-electron chi connectivity index (χ0n) is 15.7. The molecule has 7 heteroatoms. The normalized spacial score (nSPS) is 12.1. The van der Waals surface area contributed by atoms with Crippen LogP contribution in [0.3, 0.4) is 0 Å². The number of guanidine groups is 1. The van der Waals surface area contributed by atoms with Gasteiger partial charge in [-0.25, -0.2) is 4.99 Å². The van der Waals surface area contributed by atoms with Gasteiger partial charge < -0.3 is 20.1 Å². The third-order valence-corrected chi connectivity index (χ3v) is 4.92. The number of ether oxygens (including phenoxy) is 2. The highest BCUT2D eigenvalue weighted by Gasteiger charge is 2.08. The summed E-state index contributed by atoms with van der Waals surface area (Å²) in [6.07, 6.45) is 0. The van der Waals surface area contributed by atoms with E-state index >= 15 is 0 Å². The van der Waals surface area contributed by atoms with Gasteiger partial charge in [0.25, 0.3) is 0 Å². The minimum atomic E-state index is 0. The van der Waals surface area contributed by atoms with E-state index in [9.17, 15) is 0 Å². The first-order valence-corrected chi connectivity index (χ1v) is 9.32. The average molecular weight is 489 g/mol. The maximum atomic E-state index is 5.35. The standard InChI is InChI=1S/C19H27N3O2S.HI/c1-5-20-19(21-12-14(2)18-7-6-10-25-18)22-13-15-8-9-16(23-3)17(11-15)24-4;/h6-11,14H,5,12-13H2,1-4H3,(H2,20,21,22);1H. The number of benzene rings is 1. The van der Waals surface area contributed by atoms with Crippen molar-refractivity contribution >= 4 is 41.3 Å². The van der Waals surface area contributed by atoms with Crippen LogP contribution in [0.15, 0.2) is 40.7 Å². The molecular weight excluding hydrogens is 461 g/mol. The van der Waals surface area contributed by atoms with E-state index in [0.717, 1.165) is 36.1 Å². The monoisotopic (exact) mass is 489 g/mol. The topological polar surface area (TPSA) is 54.9 Å². The molecule has 0 amide bonds. The second-order valence-corrected chi connectivity index (χ2v) is 6.66. The van der Waals surface area contributed by atoms with Crippen molar-refractivity contribution in [3.05, 3.63) is 46.2 Å². The van der Waals surface area contributed by atoms with E-state index in [0.29, 0.717) is 12.5 Å². The van der Waals surface area contributed by atoms with Crippen LogP contribution in [-0.4, -0.2) is 33.3 Å². The molecule has 0 bridgehead atoms. The number of nitrogens with zero attached hydrogens (tertiary/aromatic N) is 1. The molecule has 1 unspecified atom stereocenters. The third kappa shape index (κ3) is 6.68. The Morgan fingerprint density at radius 3 is 2.54 bits per heavy atom. The molecule has 0 aliphatic rings. The lowest BCUT2D eigenvalue weighted by Crippen LogP contribution is -2.39. The molecule has 2 aromatic rings. The fraction of sp³-hybridized carbons (Fsp3) is 0.421. The first kappa shape index (κ1) is 22.6. The fourth-order valence-corrected chi connectivity index (χ4v) is 3.20. The van der Waals surface area contributed by atoms with Gasteiger partial charge in [-0.1, -0.05) is 19.1 Å². The van der Waals surface area contributed by atoms with Gasteiger partial charge in [-0.15, -0.1) is 35.3 Å². The summed E-state index contributed by atoms with van der Waals surface area (Å²) in [6, 6.07) is 10.1. The molecule has 0 aliphatic heterocycles. The van der Waals surface area contributed by atoms with Crippen molar-refractivity contribution in [2.24, 2.45) is 4.99 Å². The predicted octanol–water partition coefficient (Wildman–Crippen LogP) is 4.24. The van der Waals surface area contributed by atoms with Gasteiger partial charge >= 0.3 is 0 Å². The Morgan fingerprint density at radius 1 is 1.15 bits per heavy atom. The number of hydrogen-bond donors (Lipinski definition) is 2. The molecule has 0 saturated carbocycles. The van der Waals surface area contributed by atoms with E-state index in [1.807, 2.05) is 18.2 Å². The summed E-state index contributed by atoms with van der Waals surface area (Å²) in [5.41, 5.74) is 1.07. The van der Waals surface area contributed by atoms with Crippen LogP contribution in [0.5, 0.6) is 11.5 Å². The number of methoxy groups -OCH3 is 2. The molecule has 1 atom stereocenters. The van der Waals surface area contributed by atoms with Crippen LogP contribution in [0.2, 0.25) is 0 Å². The molecule has 2 N–H and O–H groups in total. The maximum absolute atomic E-state index is 5.35. The molecule has 2 rings (SSSR count). The molecule has 26 heavy (non-hydrogen) atoms. The van der Waals surface area contributed by atoms with Crippen molar-refractivity contribution in [2.75, 3.05) is 27.3 Å². The van der Waals surface area contributed by atoms with Crippen molar-refractivity contribution in [3.63, 3.8) is 0 Å². The summed E-state index contributed by atoms with van der Waals surface area (Å²) in [4.78, 5) is 6.05. The van der Waals surface area contributed by atoms with Gasteiger partial charge in [0, 0.05) is 23.9 Å². The van der Waals surface area contributed by atoms with Gasteiger partial charge in [0.05, 0.1) is 20.8 Å². The van der Waals surface area contributed by atoms with Crippen molar-refractivity contribution in [1.82, 2.24) is 10.6 Å². The molecule has 0 fully saturated rings. The molecule has 0 saturated heterocycles. The molecule has 1 aromatic carbocycles. The van der Waals surface area contributed by atoms with Crippen molar-refractivity contribution in [3.8, 4) is 11.5 Å². The van der Waals surface area contributed by atoms with Crippen LogP contribution in [0.1, 0.15) is 30.2 Å². The van der Waals surface area contributed by atoms with E-state index in [2.05, 4.69) is 47.0 Å². The van der Waals surface area contributed by atoms with E-state index in [-0.39, 0.29) is 24.0 Å². The maximum Gasteiger partial charge on any atom is 0.191 e. The third-order valence-electron chi connectivity index (χ3n) is 3.82. The fourth-order valence-electron chi connectivity index (χ4n) is 2.41. The number of thiophene rings is 1. The molecule has 0 aliphatic carbocycles. The highest BCUT2D eigenvalue weighted by Crippen LogP contribution is 2.27. The lowest BCUT2D eigenvalue weighted by Gasteiger charge is -2.15. The summed E-state index contributed by atoms with van der Waals surface area (Å²) < 4.78 is 10.6. The van der Waals surface area contributed by atoms with Gasteiger partial charge in [0.1, 0.15) is 0 Å². The SMILES string of the molecule is CCNC(=NCc1ccc(OC)c(OC)c1)NCC(C)c1cccs1.I. The molecule has 144 valence electrons. The second-order valence-electron chi connectivity index (χ2n) is 5.68. The van der Waals surface area contributed by atoms with Crippen molar-refractivity contribution in [2.45, 2.75) is 26.3 Å². The van der Waals surface area contributed by atoms with E-state index in [1.165, 1.54) is 4.88 Å². The molecule has 0 spiro atoms. The number of aliphatic imine (C=N–C) groups is 1. The Hall–Kier alpha value is -1.48. The van der Waals surface area contributed by atoms with E-state index in [1.54, 1.807) is 25.6 Å². The lowest BCUT2D eigenvalue weighted by molar-refractivity contribution is 0.354. The Labute approximate surface area is 177 Å². The van der Waals surface area contributed by atoms with Gasteiger partial charge in [-0.05, 0) is 36.1 Å². The summed E-state index contributed by atoms with van der Waals surface area (Å²) in [5.74, 6) is 2.72. The minimum absolute atomic E-state index is 0. The van der Waals surface area contributed by atoms with E-state index < -0.39 is 0 Å². The predicted molar refractivity (Wildman–Crippen MR) is 121 cm³/mol. The molecule has 1 heterocycles. The van der Waals surface area contributed by atoms with Crippen molar-refractivity contribution < 1.29 is 9.47 Å². The zero-order chi connectivity index (χ0) is 18.1. The summed E-state index contributed by atoms with van der Waals surface area (Å²) in [5, 5.41) is 8.82. The first-order valence-electron chi connectivity index (χ1n) is 8.44. The number of hydrogen-bond acceptors (Lipinski definition) is 4. The highest BCUT2D eigenvalue weighted by atomic mass is 127. The minimum Gasteiger partial charge on any atom is -0.493 e. The van der Waals surface area contributed by atoms with Gasteiger partial charge in [0.15, 0.2) is 17.5 Å². The number of halogens is 1. The van der Waals surface area contributed by atoms with Crippen LogP contribution in [0.4, 0.5) is 0 Å². The number of rotatable bonds is 8. The van der Waals surface area contributed by atoms with Gasteiger partial charge in [-0.2, -0.15) is 0 Å². The lowest BCUT2D eigenvalue weighted by atomic mass is 10.1. The quantitative estimate of drug-likeness (QED) is 0.331. The Balaban J connectivity index is 0.00000338. The summed E-state index contributed by atoms with van der Waals surface area (Å²) in [6.45, 7) is 6.53. The Kier molecular flexibility index (Phi) is 10.4. The molecule has 0 radical (unpaired) electrons. The summed E-state index contributed by atoms with van der Waals surface area (Å²) in [7, 11) is 3.28. The van der Waals surface area contributed by atoms with Crippen LogP contribution in [0, 0.1) is 0 Å². The van der Waals surface area contributed by atoms with Gasteiger partial charge in [0.2, 0.25) is 0 Å². The Morgan fingerprint density at radius 2 is 1.92 bits per heavy atom.